The third kappa shape index (κ3) is 2.71. The Morgan fingerprint density at radius 2 is 1.95 bits per heavy atom. The Kier molecular flexibility index (Phi) is 3.55. The van der Waals surface area contributed by atoms with Gasteiger partial charge in [0.05, 0.1) is 17.9 Å². The number of benzene rings is 1. The normalized spacial score (nSPS) is 25.2. The summed E-state index contributed by atoms with van der Waals surface area (Å²) < 4.78 is 0. The Morgan fingerprint density at radius 1 is 1.24 bits per heavy atom. The minimum Gasteiger partial charge on any atom is -0.366 e. The average molecular weight is 288 g/mol. The van der Waals surface area contributed by atoms with Crippen molar-refractivity contribution in [3.8, 4) is 0 Å². The van der Waals surface area contributed by atoms with E-state index in [0.717, 1.165) is 31.4 Å². The van der Waals surface area contributed by atoms with Crippen molar-refractivity contribution in [3.63, 3.8) is 0 Å². The third-order valence-electron chi connectivity index (χ3n) is 4.36. The Morgan fingerprint density at radius 3 is 2.62 bits per heavy atom. The zero-order valence-corrected chi connectivity index (χ0v) is 11.8. The van der Waals surface area contributed by atoms with Crippen LogP contribution in [-0.2, 0) is 4.79 Å². The van der Waals surface area contributed by atoms with Crippen LogP contribution in [0.4, 0.5) is 11.4 Å². The molecule has 2 amide bonds. The molecule has 3 rings (SSSR count). The molecule has 0 bridgehead atoms. The maximum atomic E-state index is 11.9. The summed E-state index contributed by atoms with van der Waals surface area (Å²) in [5.74, 6) is -0.549. The summed E-state index contributed by atoms with van der Waals surface area (Å²) in [6.07, 6.45) is 3.95. The highest BCUT2D eigenvalue weighted by atomic mass is 16.2. The van der Waals surface area contributed by atoms with Crippen LogP contribution in [0.3, 0.4) is 0 Å². The predicted molar refractivity (Wildman–Crippen MR) is 81.2 cm³/mol. The summed E-state index contributed by atoms with van der Waals surface area (Å²) in [6.45, 7) is 0.350. The molecule has 21 heavy (non-hydrogen) atoms. The second kappa shape index (κ2) is 5.37. The number of nitrogens with two attached hydrogens (primary N) is 2. The van der Waals surface area contributed by atoms with Gasteiger partial charge in [0.15, 0.2) is 0 Å². The van der Waals surface area contributed by atoms with E-state index in [0.29, 0.717) is 23.8 Å². The molecule has 0 radical (unpaired) electrons. The van der Waals surface area contributed by atoms with E-state index in [1.54, 1.807) is 12.1 Å². The molecule has 1 saturated carbocycles. The first kappa shape index (κ1) is 13.9. The smallest absolute Gasteiger partial charge is 0.248 e. The Labute approximate surface area is 123 Å². The van der Waals surface area contributed by atoms with Gasteiger partial charge in [-0.2, -0.15) is 0 Å². The molecule has 1 aliphatic carbocycles. The molecule has 0 spiro atoms. The molecule has 0 aromatic heterocycles. The largest absolute Gasteiger partial charge is 0.366 e. The Balaban J connectivity index is 1.90. The number of carbonyl (C=O) groups excluding carboxylic acids is 2. The highest BCUT2D eigenvalue weighted by Gasteiger charge is 2.30. The maximum absolute atomic E-state index is 11.9. The number of fused-ring (bicyclic) bond motifs is 1. The molecule has 1 heterocycles. The standard InChI is InChI=1S/C15H20N4O2/c16-10-2-4-11(5-3-10)19-8-14(20)18-12-7-9(15(17)21)1-6-13(12)19/h1,6-7,10-11H,2-5,8,16H2,(H2,17,21)(H,18,20). The van der Waals surface area contributed by atoms with E-state index < -0.39 is 5.91 Å². The quantitative estimate of drug-likeness (QED) is 0.749. The molecule has 0 unspecified atom stereocenters. The number of anilines is 2. The van der Waals surface area contributed by atoms with Gasteiger partial charge in [-0.1, -0.05) is 0 Å². The second-order valence-electron chi connectivity index (χ2n) is 5.84. The fourth-order valence-electron chi connectivity index (χ4n) is 3.21. The minimum atomic E-state index is -0.493. The van der Waals surface area contributed by atoms with Crippen molar-refractivity contribution >= 4 is 23.2 Å². The maximum Gasteiger partial charge on any atom is 0.248 e. The van der Waals surface area contributed by atoms with Crippen molar-refractivity contribution in [1.29, 1.82) is 0 Å². The van der Waals surface area contributed by atoms with E-state index >= 15 is 0 Å². The second-order valence-corrected chi connectivity index (χ2v) is 5.84. The molecule has 0 atom stereocenters. The molecule has 6 heteroatoms. The summed E-state index contributed by atoms with van der Waals surface area (Å²) >= 11 is 0. The SMILES string of the molecule is NC(=O)c1ccc2c(c1)NC(=O)CN2C1CCC(N)CC1. The number of amides is 2. The van der Waals surface area contributed by atoms with Crippen molar-refractivity contribution in [2.75, 3.05) is 16.8 Å². The van der Waals surface area contributed by atoms with Crippen LogP contribution in [0.2, 0.25) is 0 Å². The van der Waals surface area contributed by atoms with Crippen LogP contribution < -0.4 is 21.7 Å². The molecule has 1 aromatic carbocycles. The number of hydrogen-bond acceptors (Lipinski definition) is 4. The molecule has 2 aliphatic rings. The lowest BCUT2D eigenvalue weighted by molar-refractivity contribution is -0.115. The molecule has 112 valence electrons. The minimum absolute atomic E-state index is 0.0565. The van der Waals surface area contributed by atoms with Crippen molar-refractivity contribution in [3.05, 3.63) is 23.8 Å². The van der Waals surface area contributed by atoms with Gasteiger partial charge in [0.25, 0.3) is 0 Å². The lowest BCUT2D eigenvalue weighted by Crippen LogP contribution is -2.47. The highest BCUT2D eigenvalue weighted by Crippen LogP contribution is 2.35. The first-order valence-electron chi connectivity index (χ1n) is 7.30. The van der Waals surface area contributed by atoms with Gasteiger partial charge in [-0.25, -0.2) is 0 Å². The molecule has 0 saturated heterocycles. The number of primary amides is 1. The van der Waals surface area contributed by atoms with Gasteiger partial charge in [0, 0.05) is 17.6 Å². The third-order valence-corrected chi connectivity index (χ3v) is 4.36. The van der Waals surface area contributed by atoms with Crippen LogP contribution in [0.15, 0.2) is 18.2 Å². The van der Waals surface area contributed by atoms with Gasteiger partial charge in [-0.05, 0) is 43.9 Å². The van der Waals surface area contributed by atoms with E-state index in [1.807, 2.05) is 6.07 Å². The number of nitrogens with zero attached hydrogens (tertiary/aromatic N) is 1. The zero-order chi connectivity index (χ0) is 15.0. The monoisotopic (exact) mass is 288 g/mol. The number of carbonyl (C=O) groups is 2. The number of rotatable bonds is 2. The van der Waals surface area contributed by atoms with E-state index in [1.165, 1.54) is 0 Å². The summed E-state index contributed by atoms with van der Waals surface area (Å²) in [7, 11) is 0. The fourth-order valence-corrected chi connectivity index (χ4v) is 3.21. The lowest BCUT2D eigenvalue weighted by atomic mass is 9.90. The van der Waals surface area contributed by atoms with Gasteiger partial charge in [-0.15, -0.1) is 0 Å². The first-order chi connectivity index (χ1) is 10.0. The van der Waals surface area contributed by atoms with E-state index in [2.05, 4.69) is 10.2 Å². The molecular formula is C15H20N4O2. The summed E-state index contributed by atoms with van der Waals surface area (Å²) in [5, 5.41) is 2.82. The van der Waals surface area contributed by atoms with Crippen LogP contribution in [0.25, 0.3) is 0 Å². The van der Waals surface area contributed by atoms with E-state index in [4.69, 9.17) is 11.5 Å². The Hall–Kier alpha value is -2.08. The molecule has 6 nitrogen and oxygen atoms in total. The van der Waals surface area contributed by atoms with Crippen molar-refractivity contribution in [2.24, 2.45) is 11.5 Å². The highest BCUT2D eigenvalue weighted by molar-refractivity contribution is 6.03. The lowest BCUT2D eigenvalue weighted by Gasteiger charge is -2.40. The fraction of sp³-hybridized carbons (Fsp3) is 0.467. The summed E-state index contributed by atoms with van der Waals surface area (Å²) in [4.78, 5) is 25.3. The van der Waals surface area contributed by atoms with Gasteiger partial charge >= 0.3 is 0 Å². The molecule has 1 aromatic rings. The Bertz CT molecular complexity index is 579. The van der Waals surface area contributed by atoms with Crippen LogP contribution >= 0.6 is 0 Å². The van der Waals surface area contributed by atoms with Crippen LogP contribution in [-0.4, -0.2) is 30.4 Å². The van der Waals surface area contributed by atoms with Crippen LogP contribution in [0.1, 0.15) is 36.0 Å². The van der Waals surface area contributed by atoms with Crippen molar-refractivity contribution in [2.45, 2.75) is 37.8 Å². The molecule has 5 N–H and O–H groups in total. The zero-order valence-electron chi connectivity index (χ0n) is 11.8. The summed E-state index contributed by atoms with van der Waals surface area (Å²) in [6, 6.07) is 5.82. The topological polar surface area (TPSA) is 101 Å². The van der Waals surface area contributed by atoms with Gasteiger partial charge in [0.1, 0.15) is 0 Å². The van der Waals surface area contributed by atoms with Crippen LogP contribution in [0, 0.1) is 0 Å². The van der Waals surface area contributed by atoms with Crippen molar-refractivity contribution in [1.82, 2.24) is 0 Å². The molecule has 1 fully saturated rings. The molecule has 1 aliphatic heterocycles. The number of hydrogen-bond donors (Lipinski definition) is 3. The predicted octanol–water partition coefficient (Wildman–Crippen LogP) is 0.814. The number of nitrogens with one attached hydrogen (secondary N) is 1. The van der Waals surface area contributed by atoms with Gasteiger partial charge in [0.2, 0.25) is 11.8 Å². The average Bonchev–Trinajstić information content (AvgIpc) is 2.46. The van der Waals surface area contributed by atoms with E-state index in [-0.39, 0.29) is 11.9 Å². The van der Waals surface area contributed by atoms with Gasteiger partial charge < -0.3 is 21.7 Å². The molecular weight excluding hydrogens is 268 g/mol. The van der Waals surface area contributed by atoms with E-state index in [9.17, 15) is 9.59 Å². The summed E-state index contributed by atoms with van der Waals surface area (Å²) in [5.41, 5.74) is 13.3. The van der Waals surface area contributed by atoms with Crippen molar-refractivity contribution < 1.29 is 9.59 Å². The first-order valence-corrected chi connectivity index (χ1v) is 7.30. The van der Waals surface area contributed by atoms with Gasteiger partial charge in [-0.3, -0.25) is 9.59 Å². The van der Waals surface area contributed by atoms with Crippen LogP contribution in [0.5, 0.6) is 0 Å².